The molecule has 5 aromatic rings. The summed E-state index contributed by atoms with van der Waals surface area (Å²) in [6.07, 6.45) is 10.4. The first kappa shape index (κ1) is 23.1. The third kappa shape index (κ3) is 4.88. The van der Waals surface area contributed by atoms with Crippen molar-refractivity contribution < 1.29 is 14.6 Å². The average molecular weight is 488 g/mol. The van der Waals surface area contributed by atoms with Crippen LogP contribution in [0.2, 0.25) is 0 Å². The zero-order chi connectivity index (χ0) is 24.9. The number of aliphatic hydroxyl groups excluding tert-OH is 1. The van der Waals surface area contributed by atoms with Gasteiger partial charge in [0.05, 0.1) is 31.8 Å². The number of benzene rings is 1. The molecular formula is C24H25N9O3. The van der Waals surface area contributed by atoms with E-state index in [1.54, 1.807) is 23.3 Å². The normalized spacial score (nSPS) is 11.1. The second-order valence-corrected chi connectivity index (χ2v) is 7.98. The topological polar surface area (TPSA) is 137 Å². The number of carbonyl (C=O) groups is 1. The SMILES string of the molecule is COC(=O)Cn1cc(-c2cccc(CNn3ccc4c(Nc5nccn5CCO)ncnc43)c2)cn1. The number of hydrogen-bond donors (Lipinski definition) is 3. The van der Waals surface area contributed by atoms with Crippen molar-refractivity contribution in [3.63, 3.8) is 0 Å². The summed E-state index contributed by atoms with van der Waals surface area (Å²) >= 11 is 0. The fourth-order valence-electron chi connectivity index (χ4n) is 3.84. The zero-order valence-electron chi connectivity index (χ0n) is 19.6. The number of ether oxygens (including phenoxy) is 1. The number of carbonyl (C=O) groups excluding carboxylic acids is 1. The first-order chi connectivity index (χ1) is 17.6. The first-order valence-electron chi connectivity index (χ1n) is 11.3. The summed E-state index contributed by atoms with van der Waals surface area (Å²) in [5.74, 6) is 0.868. The minimum absolute atomic E-state index is 0.0154. The molecule has 4 aromatic heterocycles. The molecule has 12 heteroatoms. The van der Waals surface area contributed by atoms with Gasteiger partial charge in [0.25, 0.3) is 0 Å². The highest BCUT2D eigenvalue weighted by Crippen LogP contribution is 2.23. The van der Waals surface area contributed by atoms with Gasteiger partial charge < -0.3 is 25.2 Å². The Bertz CT molecular complexity index is 1490. The number of esters is 1. The van der Waals surface area contributed by atoms with E-state index in [4.69, 9.17) is 4.74 Å². The Balaban J connectivity index is 1.30. The lowest BCUT2D eigenvalue weighted by molar-refractivity contribution is -0.141. The molecule has 0 aliphatic rings. The molecule has 1 aromatic carbocycles. The van der Waals surface area contributed by atoms with E-state index in [0.29, 0.717) is 30.5 Å². The van der Waals surface area contributed by atoms with Crippen LogP contribution in [-0.4, -0.2) is 58.8 Å². The van der Waals surface area contributed by atoms with E-state index in [0.717, 1.165) is 22.1 Å². The molecule has 184 valence electrons. The Kier molecular flexibility index (Phi) is 6.58. The summed E-state index contributed by atoms with van der Waals surface area (Å²) in [7, 11) is 1.36. The number of anilines is 2. The highest BCUT2D eigenvalue weighted by Gasteiger charge is 2.12. The van der Waals surface area contributed by atoms with Crippen molar-refractivity contribution in [2.24, 2.45) is 0 Å². The molecule has 36 heavy (non-hydrogen) atoms. The fraction of sp³-hybridized carbons (Fsp3) is 0.208. The van der Waals surface area contributed by atoms with Crippen LogP contribution >= 0.6 is 0 Å². The molecule has 0 amide bonds. The van der Waals surface area contributed by atoms with E-state index in [1.807, 2.05) is 45.9 Å². The third-order valence-electron chi connectivity index (χ3n) is 5.63. The van der Waals surface area contributed by atoms with Crippen LogP contribution < -0.4 is 10.7 Å². The average Bonchev–Trinajstić information content (AvgIpc) is 3.64. The lowest BCUT2D eigenvalue weighted by Crippen LogP contribution is -2.14. The summed E-state index contributed by atoms with van der Waals surface area (Å²) in [5.41, 5.74) is 7.07. The van der Waals surface area contributed by atoms with E-state index in [9.17, 15) is 9.90 Å². The maximum atomic E-state index is 11.5. The van der Waals surface area contributed by atoms with Gasteiger partial charge in [0.15, 0.2) is 5.65 Å². The monoisotopic (exact) mass is 487 g/mol. The van der Waals surface area contributed by atoms with Crippen LogP contribution in [0, 0.1) is 0 Å². The quantitative estimate of drug-likeness (QED) is 0.253. The van der Waals surface area contributed by atoms with Gasteiger partial charge >= 0.3 is 5.97 Å². The predicted octanol–water partition coefficient (Wildman–Crippen LogP) is 2.14. The number of aliphatic hydroxyl groups is 1. The Hall–Kier alpha value is -4.71. The van der Waals surface area contributed by atoms with Crippen LogP contribution in [0.1, 0.15) is 5.56 Å². The van der Waals surface area contributed by atoms with Crippen molar-refractivity contribution in [1.82, 2.24) is 34.0 Å². The maximum absolute atomic E-state index is 11.5. The molecule has 0 aliphatic heterocycles. The van der Waals surface area contributed by atoms with Crippen LogP contribution in [0.5, 0.6) is 0 Å². The van der Waals surface area contributed by atoms with E-state index in [1.165, 1.54) is 13.4 Å². The number of nitrogens with zero attached hydrogens (tertiary/aromatic N) is 7. The van der Waals surface area contributed by atoms with Gasteiger partial charge in [0, 0.05) is 36.9 Å². The van der Waals surface area contributed by atoms with Gasteiger partial charge in [-0.25, -0.2) is 19.6 Å². The molecule has 0 saturated carbocycles. The van der Waals surface area contributed by atoms with Crippen molar-refractivity contribution in [3.05, 3.63) is 73.2 Å². The molecule has 4 heterocycles. The van der Waals surface area contributed by atoms with Gasteiger partial charge in [-0.1, -0.05) is 18.2 Å². The van der Waals surface area contributed by atoms with Gasteiger partial charge in [-0.3, -0.25) is 9.48 Å². The number of rotatable bonds is 10. The predicted molar refractivity (Wildman–Crippen MR) is 133 cm³/mol. The summed E-state index contributed by atoms with van der Waals surface area (Å²) in [4.78, 5) is 24.6. The number of fused-ring (bicyclic) bond motifs is 1. The van der Waals surface area contributed by atoms with E-state index in [2.05, 4.69) is 36.9 Å². The Morgan fingerprint density at radius 1 is 1.14 bits per heavy atom. The summed E-state index contributed by atoms with van der Waals surface area (Å²) in [5, 5.41) is 17.5. The lowest BCUT2D eigenvalue weighted by atomic mass is 10.1. The molecule has 3 N–H and O–H groups in total. The van der Waals surface area contributed by atoms with Crippen LogP contribution in [-0.2, 0) is 29.2 Å². The summed E-state index contributed by atoms with van der Waals surface area (Å²) in [6, 6.07) is 10.0. The summed E-state index contributed by atoms with van der Waals surface area (Å²) < 4.78 is 9.92. The minimum Gasteiger partial charge on any atom is -0.468 e. The Labute approximate surface area is 206 Å². The first-order valence-corrected chi connectivity index (χ1v) is 11.3. The van der Waals surface area contributed by atoms with Crippen molar-refractivity contribution in [2.45, 2.75) is 19.6 Å². The molecule has 0 atom stereocenters. The second-order valence-electron chi connectivity index (χ2n) is 7.98. The fourth-order valence-corrected chi connectivity index (χ4v) is 3.84. The maximum Gasteiger partial charge on any atom is 0.327 e. The molecule has 0 saturated heterocycles. The minimum atomic E-state index is -0.348. The number of methoxy groups -OCH3 is 1. The van der Waals surface area contributed by atoms with Gasteiger partial charge in [-0.2, -0.15) is 5.10 Å². The van der Waals surface area contributed by atoms with Gasteiger partial charge in [-0.05, 0) is 23.3 Å². The summed E-state index contributed by atoms with van der Waals surface area (Å²) in [6.45, 7) is 1.08. The molecular weight excluding hydrogens is 462 g/mol. The van der Waals surface area contributed by atoms with E-state index >= 15 is 0 Å². The zero-order valence-corrected chi connectivity index (χ0v) is 19.6. The van der Waals surface area contributed by atoms with Crippen molar-refractivity contribution in [1.29, 1.82) is 0 Å². The number of aromatic nitrogens is 7. The molecule has 5 rings (SSSR count). The highest BCUT2D eigenvalue weighted by atomic mass is 16.5. The van der Waals surface area contributed by atoms with Gasteiger partial charge in [0.1, 0.15) is 18.7 Å². The number of hydrogen-bond acceptors (Lipinski definition) is 9. The van der Waals surface area contributed by atoms with E-state index < -0.39 is 0 Å². The van der Waals surface area contributed by atoms with Crippen LogP contribution in [0.4, 0.5) is 11.8 Å². The van der Waals surface area contributed by atoms with Crippen LogP contribution in [0.15, 0.2) is 67.6 Å². The Morgan fingerprint density at radius 3 is 2.92 bits per heavy atom. The Morgan fingerprint density at radius 2 is 2.06 bits per heavy atom. The molecule has 0 spiro atoms. The van der Waals surface area contributed by atoms with Crippen molar-refractivity contribution >= 4 is 28.8 Å². The van der Waals surface area contributed by atoms with Gasteiger partial charge in [0.2, 0.25) is 5.95 Å². The molecule has 0 aliphatic carbocycles. The van der Waals surface area contributed by atoms with Crippen molar-refractivity contribution in [3.8, 4) is 11.1 Å². The third-order valence-corrected chi connectivity index (χ3v) is 5.63. The molecule has 12 nitrogen and oxygen atoms in total. The second kappa shape index (κ2) is 10.3. The smallest absolute Gasteiger partial charge is 0.327 e. The molecule has 0 fully saturated rings. The standard InChI is InChI=1S/C24H25N9O3/c1-36-21(35)15-32-14-19(13-28-32)18-4-2-3-17(11-18)12-29-33-7-5-20-22(26-16-27-23(20)33)30-24-25-6-8-31(24)9-10-34/h2-8,11,13-14,16,29,34H,9-10,12,15H2,1H3,(H,25,26,27,30). The molecule has 0 bridgehead atoms. The lowest BCUT2D eigenvalue weighted by Gasteiger charge is -2.11. The van der Waals surface area contributed by atoms with Gasteiger partial charge in [-0.15, -0.1) is 0 Å². The van der Waals surface area contributed by atoms with Crippen LogP contribution in [0.3, 0.4) is 0 Å². The largest absolute Gasteiger partial charge is 0.468 e. The number of imidazole rings is 1. The van der Waals surface area contributed by atoms with E-state index in [-0.39, 0.29) is 19.1 Å². The van der Waals surface area contributed by atoms with Crippen LogP contribution in [0.25, 0.3) is 22.2 Å². The highest BCUT2D eigenvalue weighted by molar-refractivity contribution is 5.88. The molecule has 0 radical (unpaired) electrons. The number of nitrogens with one attached hydrogen (secondary N) is 2. The van der Waals surface area contributed by atoms with Crippen molar-refractivity contribution in [2.75, 3.05) is 24.5 Å². The molecule has 0 unspecified atom stereocenters.